The van der Waals surface area contributed by atoms with Gasteiger partial charge in [-0.05, 0) is 163 Å². The molecule has 8 aliphatic carbocycles. The number of fused-ring (bicyclic) bond motifs is 10. The summed E-state index contributed by atoms with van der Waals surface area (Å²) in [7, 11) is 0. The minimum Gasteiger partial charge on any atom is -0.458 e. The molecule has 4 aromatic carbocycles. The number of rotatable bonds is 2. The van der Waals surface area contributed by atoms with E-state index in [0.29, 0.717) is 21.7 Å². The summed E-state index contributed by atoms with van der Waals surface area (Å²) in [6.45, 7) is 0.219. The SMILES string of the molecule is c1ccc2c(c1)Oc1c(C34CC5CC6CC(C3)C64C5)cc3c4cc(C56CC7CC8CC(C5)C86C7)ccc4n4c3c1B2c1ccccc1-4. The van der Waals surface area contributed by atoms with E-state index in [1.807, 2.05) is 0 Å². The Morgan fingerprint density at radius 3 is 2.17 bits per heavy atom. The molecule has 0 radical (unpaired) electrons. The van der Waals surface area contributed by atoms with Gasteiger partial charge in [0.15, 0.2) is 0 Å². The number of ether oxygens (including phenoxy) is 1. The van der Waals surface area contributed by atoms with Gasteiger partial charge < -0.3 is 9.30 Å². The molecule has 0 amide bonds. The first-order valence-corrected chi connectivity index (χ1v) is 19.2. The van der Waals surface area contributed by atoms with E-state index in [2.05, 4.69) is 77.4 Å². The number of aromatic nitrogens is 1. The van der Waals surface area contributed by atoms with Gasteiger partial charge in [0, 0.05) is 32.9 Å². The zero-order valence-electron chi connectivity index (χ0n) is 26.9. The van der Waals surface area contributed by atoms with Crippen LogP contribution in [-0.4, -0.2) is 11.3 Å². The molecule has 228 valence electrons. The lowest BCUT2D eigenvalue weighted by molar-refractivity contribution is -0.199. The fourth-order valence-electron chi connectivity index (χ4n) is 17.1. The van der Waals surface area contributed by atoms with Gasteiger partial charge in [0.2, 0.25) is 0 Å². The van der Waals surface area contributed by atoms with Gasteiger partial charge in [0.05, 0.1) is 11.0 Å². The van der Waals surface area contributed by atoms with Gasteiger partial charge >= 0.3 is 0 Å². The van der Waals surface area contributed by atoms with Crippen LogP contribution in [0, 0.1) is 46.3 Å². The normalized spacial score (nSPS) is 43.4. The van der Waals surface area contributed by atoms with E-state index in [-0.39, 0.29) is 6.71 Å². The maximum Gasteiger partial charge on any atom is 0.256 e. The number of benzene rings is 4. The van der Waals surface area contributed by atoms with Crippen LogP contribution >= 0.6 is 0 Å². The fourth-order valence-corrected chi connectivity index (χ4v) is 17.1. The Kier molecular flexibility index (Phi) is 3.47. The minimum absolute atomic E-state index is 0.219. The van der Waals surface area contributed by atoms with Gasteiger partial charge in [-0.15, -0.1) is 0 Å². The first-order chi connectivity index (χ1) is 23.1. The monoisotopic (exact) mass is 607 g/mol. The summed E-state index contributed by atoms with van der Waals surface area (Å²) in [5.74, 6) is 8.17. The molecule has 4 bridgehead atoms. The number of para-hydroxylation sites is 2. The van der Waals surface area contributed by atoms with Crippen molar-refractivity contribution in [2.24, 2.45) is 46.3 Å². The molecule has 47 heavy (non-hydrogen) atoms. The number of nitrogens with zero attached hydrogens (tertiary/aromatic N) is 1. The summed E-state index contributed by atoms with van der Waals surface area (Å²) >= 11 is 0. The molecule has 3 heteroatoms. The van der Waals surface area contributed by atoms with E-state index in [1.165, 1.54) is 114 Å². The molecular weight excluding hydrogens is 569 g/mol. The lowest BCUT2D eigenvalue weighted by atomic mass is 9.30. The predicted octanol–water partition coefficient (Wildman–Crippen LogP) is 7.87. The van der Waals surface area contributed by atoms with Gasteiger partial charge in [0.25, 0.3) is 6.71 Å². The van der Waals surface area contributed by atoms with Crippen molar-refractivity contribution in [1.82, 2.24) is 4.57 Å². The second-order valence-corrected chi connectivity index (χ2v) is 18.7. The largest absolute Gasteiger partial charge is 0.458 e. The lowest BCUT2D eigenvalue weighted by Gasteiger charge is -2.73. The van der Waals surface area contributed by atoms with E-state index in [1.54, 1.807) is 11.1 Å². The van der Waals surface area contributed by atoms with Crippen LogP contribution in [0.5, 0.6) is 11.5 Å². The first kappa shape index (κ1) is 23.8. The molecule has 10 aliphatic rings. The Bertz CT molecular complexity index is 2410. The highest BCUT2D eigenvalue weighted by Gasteiger charge is 2.82. The summed E-state index contributed by atoms with van der Waals surface area (Å²) in [6, 6.07) is 29.0. The van der Waals surface area contributed by atoms with Crippen LogP contribution in [0.4, 0.5) is 0 Å². The summed E-state index contributed by atoms with van der Waals surface area (Å²) < 4.78 is 9.95. The standard InChI is InChI=1S/C44H38BNO/c1-3-7-36-33(5-1)45-34-6-2-4-8-37(34)47-40-32(42-18-24-12-27-14-29(22-42)44(27,42)20-24)16-31-30-15-25(9-10-35(30)46(36)39(31)38(40)45)41-17-23-11-26-13-28(21-41)43(26,41)19-23/h1-10,15-16,23-24,26-29H,11-14,17-22H2. The van der Waals surface area contributed by atoms with Gasteiger partial charge in [-0.2, -0.15) is 0 Å². The molecule has 15 rings (SSSR count). The van der Waals surface area contributed by atoms with Crippen LogP contribution < -0.4 is 21.1 Å². The molecule has 3 heterocycles. The van der Waals surface area contributed by atoms with Crippen molar-refractivity contribution in [2.75, 3.05) is 0 Å². The van der Waals surface area contributed by atoms with Gasteiger partial charge in [-0.25, -0.2) is 0 Å². The molecule has 0 N–H and O–H groups in total. The van der Waals surface area contributed by atoms with Gasteiger partial charge in [0.1, 0.15) is 11.5 Å². The number of hydrogen-bond donors (Lipinski definition) is 0. The molecule has 2 aliphatic heterocycles. The molecule has 2 spiro atoms. The van der Waals surface area contributed by atoms with E-state index >= 15 is 0 Å². The van der Waals surface area contributed by atoms with E-state index in [0.717, 1.165) is 41.3 Å². The van der Waals surface area contributed by atoms with Crippen LogP contribution in [0.15, 0.2) is 72.8 Å². The van der Waals surface area contributed by atoms with Gasteiger partial charge in [-0.1, -0.05) is 42.5 Å². The molecule has 2 nitrogen and oxygen atoms in total. The summed E-state index contributed by atoms with van der Waals surface area (Å²) in [5, 5.41) is 3.03. The maximum atomic E-state index is 7.28. The highest BCUT2D eigenvalue weighted by Crippen LogP contribution is 2.88. The topological polar surface area (TPSA) is 14.2 Å². The van der Waals surface area contributed by atoms with Crippen molar-refractivity contribution in [3.05, 3.63) is 83.9 Å². The van der Waals surface area contributed by atoms with Crippen LogP contribution in [0.1, 0.15) is 75.3 Å². The average molecular weight is 608 g/mol. The van der Waals surface area contributed by atoms with E-state index in [9.17, 15) is 0 Å². The molecule has 8 fully saturated rings. The van der Waals surface area contributed by atoms with Crippen molar-refractivity contribution in [2.45, 2.75) is 75.0 Å². The predicted molar refractivity (Wildman–Crippen MR) is 187 cm³/mol. The summed E-state index contributed by atoms with van der Waals surface area (Å²) in [4.78, 5) is 0. The van der Waals surface area contributed by atoms with Crippen LogP contribution in [0.2, 0.25) is 0 Å². The van der Waals surface area contributed by atoms with E-state index in [4.69, 9.17) is 4.74 Å². The van der Waals surface area contributed by atoms with Crippen LogP contribution in [0.3, 0.4) is 0 Å². The quantitative estimate of drug-likeness (QED) is 0.183. The van der Waals surface area contributed by atoms with Crippen molar-refractivity contribution in [3.63, 3.8) is 0 Å². The summed E-state index contributed by atoms with van der Waals surface area (Å²) in [5.41, 5.74) is 13.7. The smallest absolute Gasteiger partial charge is 0.256 e. The maximum absolute atomic E-state index is 7.28. The molecule has 0 saturated heterocycles. The second-order valence-electron chi connectivity index (χ2n) is 18.7. The minimum atomic E-state index is 0.219. The second kappa shape index (κ2) is 6.85. The van der Waals surface area contributed by atoms with Crippen molar-refractivity contribution < 1.29 is 4.74 Å². The molecule has 1 aromatic heterocycles. The highest BCUT2D eigenvalue weighted by molar-refractivity contribution is 6.99. The fraction of sp³-hybridized carbons (Fsp3) is 0.455. The third-order valence-corrected chi connectivity index (χ3v) is 18.1. The average Bonchev–Trinajstić information content (AvgIpc) is 3.84. The third kappa shape index (κ3) is 2.08. The van der Waals surface area contributed by atoms with E-state index < -0.39 is 0 Å². The summed E-state index contributed by atoms with van der Waals surface area (Å²) in [6.07, 6.45) is 14.8. The molecule has 8 saturated carbocycles. The highest BCUT2D eigenvalue weighted by atomic mass is 16.5. The molecule has 10 unspecified atom stereocenters. The van der Waals surface area contributed by atoms with Crippen molar-refractivity contribution >= 4 is 44.9 Å². The Balaban J connectivity index is 1.07. The lowest BCUT2D eigenvalue weighted by Crippen LogP contribution is -2.69. The zero-order chi connectivity index (χ0) is 29.8. The van der Waals surface area contributed by atoms with Crippen LogP contribution in [0.25, 0.3) is 27.5 Å². The Labute approximate surface area is 276 Å². The molecule has 5 aromatic rings. The van der Waals surface area contributed by atoms with Crippen LogP contribution in [-0.2, 0) is 10.8 Å². The number of hydrogen-bond acceptors (Lipinski definition) is 1. The van der Waals surface area contributed by atoms with Gasteiger partial charge in [-0.3, -0.25) is 0 Å². The third-order valence-electron chi connectivity index (χ3n) is 18.1. The molecule has 10 atom stereocenters. The zero-order valence-corrected chi connectivity index (χ0v) is 26.9. The Hall–Kier alpha value is -3.46. The van der Waals surface area contributed by atoms with Crippen molar-refractivity contribution in [1.29, 1.82) is 0 Å². The first-order valence-electron chi connectivity index (χ1n) is 19.2. The Morgan fingerprint density at radius 2 is 1.36 bits per heavy atom. The molecular formula is C44H38BNO. The Morgan fingerprint density at radius 1 is 0.638 bits per heavy atom. The van der Waals surface area contributed by atoms with Crippen molar-refractivity contribution in [3.8, 4) is 17.2 Å².